The minimum Gasteiger partial charge on any atom is -0.324 e. The van der Waals surface area contributed by atoms with Crippen LogP contribution in [-0.2, 0) is 15.1 Å². The Morgan fingerprint density at radius 3 is 2.38 bits per heavy atom. The van der Waals surface area contributed by atoms with Gasteiger partial charge < -0.3 is 10.2 Å². The highest BCUT2D eigenvalue weighted by atomic mass is 35.5. The van der Waals surface area contributed by atoms with E-state index in [2.05, 4.69) is 22.2 Å². The molecule has 39 heavy (non-hydrogen) atoms. The first-order chi connectivity index (χ1) is 18.9. The number of nitrogens with zero attached hydrogens (tertiary/aromatic N) is 2. The van der Waals surface area contributed by atoms with Crippen LogP contribution in [0.5, 0.6) is 0 Å². The van der Waals surface area contributed by atoms with Crippen LogP contribution in [0.3, 0.4) is 0 Å². The Kier molecular flexibility index (Phi) is 5.80. The number of likely N-dealkylation sites (tertiary alicyclic amines) is 1. The van der Waals surface area contributed by atoms with E-state index >= 15 is 4.79 Å². The number of Topliss-reactive ketones (excluding diaryl/α,β-unsaturated/α-hetero) is 1. The van der Waals surface area contributed by atoms with Crippen LogP contribution in [0.1, 0.15) is 35.4 Å². The molecule has 7 rings (SSSR count). The number of carbonyl (C=O) groups excluding carboxylic acids is 2. The number of amides is 1. The smallest absolute Gasteiger partial charge is 0.250 e. The number of hydrogen-bond acceptors (Lipinski definition) is 4. The number of benzene rings is 3. The van der Waals surface area contributed by atoms with Crippen molar-refractivity contribution in [2.45, 2.75) is 30.3 Å². The molecule has 0 unspecified atom stereocenters. The van der Waals surface area contributed by atoms with Crippen LogP contribution in [0.25, 0.3) is 6.08 Å². The van der Waals surface area contributed by atoms with Crippen molar-refractivity contribution in [2.75, 3.05) is 32.0 Å². The molecule has 3 fully saturated rings. The normalized spacial score (nSPS) is 31.3. The summed E-state index contributed by atoms with van der Waals surface area (Å²) in [5.41, 5.74) is 2.25. The first-order valence-corrected chi connectivity index (χ1v) is 14.2. The van der Waals surface area contributed by atoms with Crippen LogP contribution < -0.4 is 5.32 Å². The van der Waals surface area contributed by atoms with Gasteiger partial charge in [-0.2, -0.15) is 0 Å². The van der Waals surface area contributed by atoms with Crippen LogP contribution in [0, 0.1) is 5.41 Å². The van der Waals surface area contributed by atoms with Crippen LogP contribution in [-0.4, -0.2) is 54.2 Å². The van der Waals surface area contributed by atoms with Crippen LogP contribution in [0.4, 0.5) is 5.69 Å². The molecule has 7 heteroatoms. The fourth-order valence-electron chi connectivity index (χ4n) is 8.10. The first kappa shape index (κ1) is 25.0. The molecule has 4 aliphatic heterocycles. The maximum absolute atomic E-state index is 15.2. The summed E-state index contributed by atoms with van der Waals surface area (Å²) >= 11 is 12.5. The van der Waals surface area contributed by atoms with Gasteiger partial charge >= 0.3 is 0 Å². The van der Waals surface area contributed by atoms with Gasteiger partial charge in [0.15, 0.2) is 5.78 Å². The Labute approximate surface area is 238 Å². The van der Waals surface area contributed by atoms with Crippen molar-refractivity contribution in [1.29, 1.82) is 0 Å². The first-order valence-electron chi connectivity index (χ1n) is 13.5. The molecule has 0 radical (unpaired) electrons. The van der Waals surface area contributed by atoms with Crippen LogP contribution in [0.2, 0.25) is 10.0 Å². The van der Waals surface area contributed by atoms with Crippen molar-refractivity contribution >= 4 is 46.7 Å². The third-order valence-electron chi connectivity index (χ3n) is 9.28. The zero-order valence-electron chi connectivity index (χ0n) is 21.7. The highest BCUT2D eigenvalue weighted by Gasteiger charge is 2.78. The van der Waals surface area contributed by atoms with Crippen molar-refractivity contribution in [2.24, 2.45) is 5.41 Å². The summed E-state index contributed by atoms with van der Waals surface area (Å²) < 4.78 is 0. The van der Waals surface area contributed by atoms with Crippen LogP contribution >= 0.6 is 23.2 Å². The van der Waals surface area contributed by atoms with Crippen molar-refractivity contribution in [3.8, 4) is 0 Å². The van der Waals surface area contributed by atoms with Gasteiger partial charge in [-0.3, -0.25) is 14.5 Å². The second kappa shape index (κ2) is 9.03. The summed E-state index contributed by atoms with van der Waals surface area (Å²) in [5.74, 6) is -0.226. The largest absolute Gasteiger partial charge is 0.324 e. The highest BCUT2D eigenvalue weighted by molar-refractivity contribution is 6.30. The maximum Gasteiger partial charge on any atom is 0.250 e. The second-order valence-electron chi connectivity index (χ2n) is 11.3. The number of fused-ring (bicyclic) bond motifs is 5. The van der Waals surface area contributed by atoms with Gasteiger partial charge in [-0.25, -0.2) is 0 Å². The van der Waals surface area contributed by atoms with E-state index < -0.39 is 11.0 Å². The van der Waals surface area contributed by atoms with Gasteiger partial charge in [0.1, 0.15) is 5.54 Å². The molecule has 4 heterocycles. The van der Waals surface area contributed by atoms with Crippen molar-refractivity contribution < 1.29 is 9.59 Å². The molecule has 4 aliphatic rings. The van der Waals surface area contributed by atoms with Gasteiger partial charge in [-0.15, -0.1) is 0 Å². The molecule has 4 atom stereocenters. The van der Waals surface area contributed by atoms with E-state index in [1.165, 1.54) is 0 Å². The molecule has 1 N–H and O–H groups in total. The van der Waals surface area contributed by atoms with E-state index in [0.717, 1.165) is 41.8 Å². The fraction of sp³-hybridized carbons (Fsp3) is 0.312. The lowest BCUT2D eigenvalue weighted by Gasteiger charge is -2.51. The molecule has 5 nitrogen and oxygen atoms in total. The summed E-state index contributed by atoms with van der Waals surface area (Å²) in [6, 6.07) is 23.4. The molecule has 0 saturated carbocycles. The van der Waals surface area contributed by atoms with Gasteiger partial charge in [0.2, 0.25) is 0 Å². The third kappa shape index (κ3) is 3.40. The van der Waals surface area contributed by atoms with Crippen molar-refractivity contribution in [3.63, 3.8) is 0 Å². The number of carbonyl (C=O) groups is 2. The quantitative estimate of drug-likeness (QED) is 0.393. The Morgan fingerprint density at radius 1 is 0.949 bits per heavy atom. The average Bonchev–Trinajstić information content (AvgIpc) is 3.57. The van der Waals surface area contributed by atoms with E-state index in [1.807, 2.05) is 78.9 Å². The van der Waals surface area contributed by atoms with Gasteiger partial charge in [0.25, 0.3) is 5.91 Å². The number of ketones is 1. The molecule has 0 aromatic heterocycles. The standard InChI is InChI=1S/C32H29Cl2N3O2/c1-36-18-22(17-20-8-12-23(33)13-9-20)29(38)31(19-36)28(21-10-14-24(34)15-11-21)27-7-4-16-37(27)32(31)25-5-2-3-6-26(25)35-30(32)39/h2-3,5-6,8-15,17,27-28H,4,7,16,18-19H2,1H3,(H,35,39)/b22-17+/t27-,28-,31-,32-/m0/s1. The summed E-state index contributed by atoms with van der Waals surface area (Å²) in [6.07, 6.45) is 3.89. The van der Waals surface area contributed by atoms with E-state index in [9.17, 15) is 4.79 Å². The van der Waals surface area contributed by atoms with Gasteiger partial charge in [0.05, 0.1) is 5.41 Å². The van der Waals surface area contributed by atoms with Crippen molar-refractivity contribution in [1.82, 2.24) is 9.80 Å². The molecule has 3 aromatic carbocycles. The number of anilines is 1. The minimum atomic E-state index is -1.11. The van der Waals surface area contributed by atoms with Gasteiger partial charge in [0, 0.05) is 51.9 Å². The Hall–Kier alpha value is -2.96. The number of para-hydroxylation sites is 1. The fourth-order valence-corrected chi connectivity index (χ4v) is 8.36. The number of hydrogen-bond donors (Lipinski definition) is 1. The molecule has 1 amide bonds. The molecule has 0 aliphatic carbocycles. The molecule has 0 bridgehead atoms. The van der Waals surface area contributed by atoms with E-state index in [-0.39, 0.29) is 23.7 Å². The zero-order valence-corrected chi connectivity index (χ0v) is 23.2. The molecule has 2 spiro atoms. The highest BCUT2D eigenvalue weighted by Crippen LogP contribution is 2.68. The third-order valence-corrected chi connectivity index (χ3v) is 9.79. The lowest BCUT2D eigenvalue weighted by Crippen LogP contribution is -2.65. The average molecular weight is 559 g/mol. The molecule has 3 saturated heterocycles. The predicted octanol–water partition coefficient (Wildman–Crippen LogP) is 5.99. The van der Waals surface area contributed by atoms with E-state index in [1.54, 1.807) is 0 Å². The number of piperidine rings is 1. The maximum atomic E-state index is 15.2. The van der Waals surface area contributed by atoms with Gasteiger partial charge in [-0.05, 0) is 74.0 Å². The summed E-state index contributed by atoms with van der Waals surface area (Å²) in [4.78, 5) is 34.3. The summed E-state index contributed by atoms with van der Waals surface area (Å²) in [7, 11) is 2.05. The Bertz CT molecular complexity index is 1520. The molecule has 198 valence electrons. The monoisotopic (exact) mass is 557 g/mol. The number of rotatable bonds is 2. The van der Waals surface area contributed by atoms with Crippen molar-refractivity contribution in [3.05, 3.63) is 105 Å². The summed E-state index contributed by atoms with van der Waals surface area (Å²) in [6.45, 7) is 1.76. The number of likely N-dealkylation sites (N-methyl/N-ethyl adjacent to an activating group) is 1. The topological polar surface area (TPSA) is 52.7 Å². The summed E-state index contributed by atoms with van der Waals surface area (Å²) in [5, 5.41) is 4.50. The lowest BCUT2D eigenvalue weighted by molar-refractivity contribution is -0.147. The van der Waals surface area contributed by atoms with Crippen LogP contribution in [0.15, 0.2) is 78.4 Å². The second-order valence-corrected chi connectivity index (χ2v) is 12.2. The van der Waals surface area contributed by atoms with E-state index in [0.29, 0.717) is 28.7 Å². The number of halogens is 2. The van der Waals surface area contributed by atoms with E-state index in [4.69, 9.17) is 23.2 Å². The lowest BCUT2D eigenvalue weighted by atomic mass is 9.55. The molecular formula is C32H29Cl2N3O2. The Morgan fingerprint density at radius 2 is 1.64 bits per heavy atom. The molecular weight excluding hydrogens is 529 g/mol. The number of nitrogens with one attached hydrogen (secondary N) is 1. The minimum absolute atomic E-state index is 0.0512. The zero-order chi connectivity index (χ0) is 26.9. The van der Waals surface area contributed by atoms with Gasteiger partial charge in [-0.1, -0.05) is 65.7 Å². The SMILES string of the molecule is CN1C/C(=C\c2ccc(Cl)cc2)C(=O)[C@]2(C1)[C@@H](c1ccc(Cl)cc1)[C@@H]1CCCN1[C@@]21C(=O)Nc2ccccc21. The molecule has 3 aromatic rings. The Balaban J connectivity index is 1.52. The predicted molar refractivity (Wildman–Crippen MR) is 155 cm³/mol.